The minimum atomic E-state index is -0.825. The Bertz CT molecular complexity index is 1570. The van der Waals surface area contributed by atoms with E-state index >= 15 is 0 Å². The van der Waals surface area contributed by atoms with Crippen LogP contribution in [0.4, 0.5) is 0 Å². The van der Waals surface area contributed by atoms with E-state index in [4.69, 9.17) is 18.9 Å². The zero-order valence-corrected chi connectivity index (χ0v) is 21.9. The molecule has 37 heavy (non-hydrogen) atoms. The molecule has 1 aromatic heterocycles. The highest BCUT2D eigenvalue weighted by atomic mass is 32.1. The molecule has 0 saturated heterocycles. The van der Waals surface area contributed by atoms with E-state index in [9.17, 15) is 14.4 Å². The lowest BCUT2D eigenvalue weighted by atomic mass is 9.95. The Morgan fingerprint density at radius 1 is 1.08 bits per heavy atom. The van der Waals surface area contributed by atoms with Crippen molar-refractivity contribution in [2.45, 2.75) is 26.8 Å². The van der Waals surface area contributed by atoms with E-state index in [-0.39, 0.29) is 29.2 Å². The summed E-state index contributed by atoms with van der Waals surface area (Å²) < 4.78 is 23.1. The molecule has 0 amide bonds. The van der Waals surface area contributed by atoms with E-state index < -0.39 is 18.0 Å². The number of thiazole rings is 1. The van der Waals surface area contributed by atoms with E-state index in [0.29, 0.717) is 26.3 Å². The van der Waals surface area contributed by atoms with Gasteiger partial charge in [0.25, 0.3) is 5.56 Å². The number of allylic oxidation sites excluding steroid dienone is 1. The van der Waals surface area contributed by atoms with Crippen LogP contribution in [0.2, 0.25) is 0 Å². The van der Waals surface area contributed by atoms with Gasteiger partial charge in [-0.25, -0.2) is 9.79 Å². The fourth-order valence-electron chi connectivity index (χ4n) is 4.05. The predicted molar refractivity (Wildman–Crippen MR) is 138 cm³/mol. The quantitative estimate of drug-likeness (QED) is 0.347. The Kier molecular flexibility index (Phi) is 7.58. The molecule has 1 aliphatic rings. The number of nitrogens with zero attached hydrogens (tertiary/aromatic N) is 2. The number of methoxy groups -OCH3 is 2. The summed E-state index contributed by atoms with van der Waals surface area (Å²) in [5.41, 5.74) is 1.77. The molecule has 10 heteroatoms. The van der Waals surface area contributed by atoms with Crippen molar-refractivity contribution < 1.29 is 28.5 Å². The van der Waals surface area contributed by atoms with Gasteiger partial charge in [-0.15, -0.1) is 0 Å². The van der Waals surface area contributed by atoms with Gasteiger partial charge in [-0.1, -0.05) is 29.5 Å². The number of hydrogen-bond acceptors (Lipinski definition) is 9. The first-order valence-corrected chi connectivity index (χ1v) is 12.3. The van der Waals surface area contributed by atoms with Crippen molar-refractivity contribution in [1.29, 1.82) is 0 Å². The monoisotopic (exact) mass is 522 g/mol. The van der Waals surface area contributed by atoms with Gasteiger partial charge in [-0.3, -0.25) is 14.2 Å². The predicted octanol–water partition coefficient (Wildman–Crippen LogP) is 2.74. The first kappa shape index (κ1) is 25.9. The van der Waals surface area contributed by atoms with E-state index in [0.717, 1.165) is 5.56 Å². The first-order valence-electron chi connectivity index (χ1n) is 11.5. The standard InChI is InChI=1S/C27H26N2O7S/c1-6-35-26(32)23-15(2)28-27-29(24(23)18-9-12-20(36-16(3)30)21(14-18)34-5)25(31)22(37-27)13-17-7-10-19(33-4)11-8-17/h7-14,24H,6H2,1-5H3/b22-13+. The molecule has 0 aliphatic carbocycles. The lowest BCUT2D eigenvalue weighted by Crippen LogP contribution is -2.40. The second kappa shape index (κ2) is 10.8. The van der Waals surface area contributed by atoms with E-state index in [1.54, 1.807) is 45.2 Å². The summed E-state index contributed by atoms with van der Waals surface area (Å²) in [5, 5.41) is 0. The lowest BCUT2D eigenvalue weighted by molar-refractivity contribution is -0.139. The molecule has 2 heterocycles. The van der Waals surface area contributed by atoms with Crippen molar-refractivity contribution in [1.82, 2.24) is 4.57 Å². The summed E-state index contributed by atoms with van der Waals surface area (Å²) in [6, 6.07) is 11.4. The highest BCUT2D eigenvalue weighted by Gasteiger charge is 2.34. The smallest absolute Gasteiger partial charge is 0.338 e. The second-order valence-corrected chi connectivity index (χ2v) is 9.09. The number of rotatable bonds is 7. The molecule has 1 atom stereocenters. The van der Waals surface area contributed by atoms with Crippen molar-refractivity contribution in [3.05, 3.63) is 84.5 Å². The first-order chi connectivity index (χ1) is 17.8. The maximum atomic E-state index is 13.7. The summed E-state index contributed by atoms with van der Waals surface area (Å²) in [4.78, 5) is 43.3. The summed E-state index contributed by atoms with van der Waals surface area (Å²) in [6.45, 7) is 4.88. The van der Waals surface area contributed by atoms with Gasteiger partial charge in [0.15, 0.2) is 16.3 Å². The van der Waals surface area contributed by atoms with Crippen LogP contribution < -0.4 is 29.1 Å². The normalized spacial score (nSPS) is 15.1. The van der Waals surface area contributed by atoms with Gasteiger partial charge in [-0.2, -0.15) is 0 Å². The van der Waals surface area contributed by atoms with Crippen LogP contribution in [-0.2, 0) is 14.3 Å². The molecule has 3 aromatic rings. The molecule has 1 aliphatic heterocycles. The average molecular weight is 523 g/mol. The fraction of sp³-hybridized carbons (Fsp3) is 0.259. The van der Waals surface area contributed by atoms with Crippen molar-refractivity contribution in [2.24, 2.45) is 4.99 Å². The highest BCUT2D eigenvalue weighted by molar-refractivity contribution is 7.07. The molecule has 4 rings (SSSR count). The average Bonchev–Trinajstić information content (AvgIpc) is 3.17. The summed E-state index contributed by atoms with van der Waals surface area (Å²) in [5.74, 6) is 0.149. The van der Waals surface area contributed by atoms with Crippen LogP contribution in [-0.4, -0.2) is 37.3 Å². The van der Waals surface area contributed by atoms with Crippen LogP contribution in [0.3, 0.4) is 0 Å². The van der Waals surface area contributed by atoms with Gasteiger partial charge in [0.05, 0.1) is 42.7 Å². The van der Waals surface area contributed by atoms with Crippen LogP contribution in [0.5, 0.6) is 17.2 Å². The maximum absolute atomic E-state index is 13.7. The molecule has 192 valence electrons. The molecule has 2 aromatic carbocycles. The Morgan fingerprint density at radius 2 is 1.81 bits per heavy atom. The zero-order chi connectivity index (χ0) is 26.7. The highest BCUT2D eigenvalue weighted by Crippen LogP contribution is 2.36. The molecule has 0 bridgehead atoms. The number of fused-ring (bicyclic) bond motifs is 1. The van der Waals surface area contributed by atoms with Crippen molar-refractivity contribution >= 4 is 29.4 Å². The van der Waals surface area contributed by atoms with E-state index in [1.807, 2.05) is 24.3 Å². The molecule has 9 nitrogen and oxygen atoms in total. The lowest BCUT2D eigenvalue weighted by Gasteiger charge is -2.25. The number of hydrogen-bond donors (Lipinski definition) is 0. The van der Waals surface area contributed by atoms with Crippen LogP contribution in [0.25, 0.3) is 6.08 Å². The van der Waals surface area contributed by atoms with Crippen LogP contribution >= 0.6 is 11.3 Å². The molecule has 0 saturated carbocycles. The number of carbonyl (C=O) groups excluding carboxylic acids is 2. The van der Waals surface area contributed by atoms with E-state index in [1.165, 1.54) is 29.9 Å². The van der Waals surface area contributed by atoms with Gasteiger partial charge >= 0.3 is 11.9 Å². The van der Waals surface area contributed by atoms with Crippen LogP contribution in [0.15, 0.2) is 63.5 Å². The zero-order valence-electron chi connectivity index (χ0n) is 21.1. The molecule has 0 N–H and O–H groups in total. The van der Waals surface area contributed by atoms with Gasteiger partial charge < -0.3 is 18.9 Å². The van der Waals surface area contributed by atoms with Gasteiger partial charge in [0.1, 0.15) is 5.75 Å². The number of carbonyl (C=O) groups is 2. The third-order valence-corrected chi connectivity index (χ3v) is 6.67. The summed E-state index contributed by atoms with van der Waals surface area (Å²) >= 11 is 1.23. The number of aromatic nitrogens is 1. The minimum absolute atomic E-state index is 0.166. The molecular formula is C27H26N2O7S. The maximum Gasteiger partial charge on any atom is 0.338 e. The SMILES string of the molecule is CCOC(=O)C1=C(C)N=c2s/c(=C/c3ccc(OC)cc3)c(=O)n2C1c1ccc(OC(C)=O)c(OC)c1. The number of ether oxygens (including phenoxy) is 4. The molecule has 0 fully saturated rings. The van der Waals surface area contributed by atoms with Gasteiger partial charge in [0, 0.05) is 6.92 Å². The van der Waals surface area contributed by atoms with E-state index in [2.05, 4.69) is 4.99 Å². The third-order valence-electron chi connectivity index (χ3n) is 5.69. The summed E-state index contributed by atoms with van der Waals surface area (Å²) in [6.07, 6.45) is 1.77. The van der Waals surface area contributed by atoms with Crippen molar-refractivity contribution in [2.75, 3.05) is 20.8 Å². The largest absolute Gasteiger partial charge is 0.497 e. The van der Waals surface area contributed by atoms with Crippen molar-refractivity contribution in [3.8, 4) is 17.2 Å². The Balaban J connectivity index is 1.92. The Labute approximate surface area is 216 Å². The van der Waals surface area contributed by atoms with Gasteiger partial charge in [-0.05, 0) is 55.3 Å². The van der Waals surface area contributed by atoms with Crippen molar-refractivity contribution in [3.63, 3.8) is 0 Å². The second-order valence-electron chi connectivity index (χ2n) is 8.08. The number of benzene rings is 2. The van der Waals surface area contributed by atoms with Crippen LogP contribution in [0, 0.1) is 0 Å². The molecular weight excluding hydrogens is 496 g/mol. The molecule has 0 spiro atoms. The number of esters is 2. The van der Waals surface area contributed by atoms with Crippen LogP contribution in [0.1, 0.15) is 37.9 Å². The Hall–Kier alpha value is -4.18. The third kappa shape index (κ3) is 5.19. The van der Waals surface area contributed by atoms with Gasteiger partial charge in [0.2, 0.25) is 0 Å². The fourth-order valence-corrected chi connectivity index (χ4v) is 5.10. The molecule has 1 unspecified atom stereocenters. The molecule has 0 radical (unpaired) electrons. The Morgan fingerprint density at radius 3 is 2.43 bits per heavy atom. The topological polar surface area (TPSA) is 105 Å². The summed E-state index contributed by atoms with van der Waals surface area (Å²) in [7, 11) is 3.03. The minimum Gasteiger partial charge on any atom is -0.497 e.